The van der Waals surface area contributed by atoms with Crippen LogP contribution in [0.3, 0.4) is 0 Å². The molecular formula is C26H28FN7O. The smallest absolute Gasteiger partial charge is 0.144 e. The summed E-state index contributed by atoms with van der Waals surface area (Å²) in [6.07, 6.45) is 5.28. The highest BCUT2D eigenvalue weighted by Gasteiger charge is 2.23. The molecule has 0 bridgehead atoms. The number of hydrogen-bond acceptors (Lipinski definition) is 7. The molecule has 0 saturated carbocycles. The first-order valence-corrected chi connectivity index (χ1v) is 11.4. The molecule has 9 heteroatoms. The molecule has 8 nitrogen and oxygen atoms in total. The molecule has 2 aromatic carbocycles. The normalized spacial score (nSPS) is 14.3. The predicted octanol–water partition coefficient (Wildman–Crippen LogP) is 3.67. The van der Waals surface area contributed by atoms with Crippen LogP contribution in [-0.2, 0) is 0 Å². The average molecular weight is 474 g/mol. The minimum atomic E-state index is -0.293. The number of piperazine rings is 1. The van der Waals surface area contributed by atoms with E-state index in [2.05, 4.69) is 26.8 Å². The van der Waals surface area contributed by atoms with Crippen molar-refractivity contribution < 1.29 is 9.13 Å². The molecule has 0 aliphatic carbocycles. The van der Waals surface area contributed by atoms with Gasteiger partial charge in [-0.3, -0.25) is 9.55 Å². The fourth-order valence-electron chi connectivity index (χ4n) is 4.46. The molecule has 1 saturated heterocycles. The summed E-state index contributed by atoms with van der Waals surface area (Å²) in [5.41, 5.74) is 18.1. The topological polar surface area (TPSA) is 98.5 Å². The first-order chi connectivity index (χ1) is 17.0. The fraction of sp³-hybridized carbons (Fsp3) is 0.231. The van der Waals surface area contributed by atoms with Crippen molar-refractivity contribution in [2.24, 2.45) is 0 Å². The van der Waals surface area contributed by atoms with Gasteiger partial charge in [0.25, 0.3) is 0 Å². The van der Waals surface area contributed by atoms with Crippen LogP contribution >= 0.6 is 0 Å². The SMILES string of the molecule is COc1cc(N2CCN(C)CC2)c(N)c(-c2cc(-n3ccnc3-c3ccc(F)cc3)ccn2)c1N. The van der Waals surface area contributed by atoms with E-state index >= 15 is 0 Å². The number of methoxy groups -OCH3 is 1. The number of nitrogen functional groups attached to an aromatic ring is 2. The van der Waals surface area contributed by atoms with E-state index in [0.29, 0.717) is 34.2 Å². The van der Waals surface area contributed by atoms with Gasteiger partial charge < -0.3 is 26.0 Å². The third-order valence-corrected chi connectivity index (χ3v) is 6.43. The molecule has 1 aliphatic heterocycles. The summed E-state index contributed by atoms with van der Waals surface area (Å²) < 4.78 is 21.0. The van der Waals surface area contributed by atoms with Crippen LogP contribution in [0.4, 0.5) is 21.5 Å². The summed E-state index contributed by atoms with van der Waals surface area (Å²) in [5, 5.41) is 0. The number of halogens is 1. The van der Waals surface area contributed by atoms with Gasteiger partial charge in [0.15, 0.2) is 0 Å². The Morgan fingerprint density at radius 2 is 1.66 bits per heavy atom. The average Bonchev–Trinajstić information content (AvgIpc) is 3.36. The number of pyridine rings is 1. The van der Waals surface area contributed by atoms with Crippen LogP contribution in [0.2, 0.25) is 0 Å². The number of anilines is 3. The third-order valence-electron chi connectivity index (χ3n) is 6.43. The number of likely N-dealkylation sites (N-methyl/N-ethyl adjacent to an activating group) is 1. The van der Waals surface area contributed by atoms with Crippen LogP contribution in [0.1, 0.15) is 0 Å². The lowest BCUT2D eigenvalue weighted by atomic mass is 10.0. The Hall–Kier alpha value is -4.11. The predicted molar refractivity (Wildman–Crippen MR) is 137 cm³/mol. The lowest BCUT2D eigenvalue weighted by Crippen LogP contribution is -2.44. The molecule has 3 heterocycles. The molecule has 4 N–H and O–H groups in total. The maximum Gasteiger partial charge on any atom is 0.144 e. The van der Waals surface area contributed by atoms with Crippen LogP contribution < -0.4 is 21.1 Å². The first kappa shape index (κ1) is 22.7. The Morgan fingerprint density at radius 1 is 0.914 bits per heavy atom. The summed E-state index contributed by atoms with van der Waals surface area (Å²) in [6, 6.07) is 12.0. The number of hydrogen-bond donors (Lipinski definition) is 2. The van der Waals surface area contributed by atoms with Crippen LogP contribution in [-0.4, -0.2) is 59.8 Å². The Bertz CT molecular complexity index is 1340. The fourth-order valence-corrected chi connectivity index (χ4v) is 4.46. The van der Waals surface area contributed by atoms with Gasteiger partial charge in [0.2, 0.25) is 0 Å². The van der Waals surface area contributed by atoms with E-state index in [1.807, 2.05) is 29.0 Å². The van der Waals surface area contributed by atoms with Crippen molar-refractivity contribution in [2.75, 3.05) is 56.7 Å². The minimum absolute atomic E-state index is 0.293. The highest BCUT2D eigenvalue weighted by atomic mass is 19.1. The minimum Gasteiger partial charge on any atom is -0.494 e. The monoisotopic (exact) mass is 473 g/mol. The molecular weight excluding hydrogens is 445 g/mol. The molecule has 35 heavy (non-hydrogen) atoms. The van der Waals surface area contributed by atoms with Crippen molar-refractivity contribution in [1.29, 1.82) is 0 Å². The van der Waals surface area contributed by atoms with Crippen molar-refractivity contribution in [3.8, 4) is 34.1 Å². The highest BCUT2D eigenvalue weighted by molar-refractivity contribution is 5.95. The van der Waals surface area contributed by atoms with Crippen molar-refractivity contribution in [2.45, 2.75) is 0 Å². The van der Waals surface area contributed by atoms with Crippen molar-refractivity contribution in [3.63, 3.8) is 0 Å². The van der Waals surface area contributed by atoms with Gasteiger partial charge in [0.05, 0.1) is 41.1 Å². The zero-order chi connectivity index (χ0) is 24.5. The first-order valence-electron chi connectivity index (χ1n) is 11.4. The molecule has 180 valence electrons. The van der Waals surface area contributed by atoms with Crippen LogP contribution in [0.15, 0.2) is 61.1 Å². The van der Waals surface area contributed by atoms with E-state index in [9.17, 15) is 4.39 Å². The summed E-state index contributed by atoms with van der Waals surface area (Å²) in [6.45, 7) is 3.61. The number of nitrogens with two attached hydrogens (primary N) is 2. The van der Waals surface area contributed by atoms with Crippen molar-refractivity contribution in [1.82, 2.24) is 19.4 Å². The van der Waals surface area contributed by atoms with Gasteiger partial charge >= 0.3 is 0 Å². The molecule has 0 spiro atoms. The van der Waals surface area contributed by atoms with E-state index in [4.69, 9.17) is 16.2 Å². The van der Waals surface area contributed by atoms with Gasteiger partial charge in [-0.1, -0.05) is 0 Å². The Kier molecular flexibility index (Phi) is 6.00. The quantitative estimate of drug-likeness (QED) is 0.427. The summed E-state index contributed by atoms with van der Waals surface area (Å²) >= 11 is 0. The second-order valence-electron chi connectivity index (χ2n) is 8.62. The number of imidazole rings is 1. The highest BCUT2D eigenvalue weighted by Crippen LogP contribution is 2.44. The molecule has 4 aromatic rings. The van der Waals surface area contributed by atoms with Gasteiger partial charge in [-0.25, -0.2) is 9.37 Å². The molecule has 2 aromatic heterocycles. The van der Waals surface area contributed by atoms with E-state index in [-0.39, 0.29) is 5.82 Å². The van der Waals surface area contributed by atoms with Gasteiger partial charge in [-0.2, -0.15) is 0 Å². The zero-order valence-corrected chi connectivity index (χ0v) is 19.8. The zero-order valence-electron chi connectivity index (χ0n) is 19.8. The van der Waals surface area contributed by atoms with Crippen LogP contribution in [0.5, 0.6) is 5.75 Å². The van der Waals surface area contributed by atoms with Gasteiger partial charge in [0.1, 0.15) is 17.4 Å². The second kappa shape index (κ2) is 9.27. The number of benzene rings is 2. The maximum absolute atomic E-state index is 13.4. The molecule has 0 atom stereocenters. The van der Waals surface area contributed by atoms with Gasteiger partial charge in [0, 0.05) is 56.4 Å². The number of aromatic nitrogens is 3. The van der Waals surface area contributed by atoms with E-state index in [1.54, 1.807) is 31.6 Å². The third kappa shape index (κ3) is 4.26. The standard InChI is InChI=1S/C26H28FN7O/c1-32-11-13-33(14-12-32)21-16-22(35-2)25(29)23(24(21)28)20-15-19(7-8-30-20)34-10-9-31-26(34)17-3-5-18(27)6-4-17/h3-10,15-16H,11-14,28-29H2,1-2H3. The number of nitrogens with zero attached hydrogens (tertiary/aromatic N) is 5. The number of rotatable bonds is 5. The van der Waals surface area contributed by atoms with Crippen molar-refractivity contribution >= 4 is 17.1 Å². The van der Waals surface area contributed by atoms with E-state index in [0.717, 1.165) is 43.1 Å². The summed E-state index contributed by atoms with van der Waals surface area (Å²) in [7, 11) is 3.71. The molecule has 5 rings (SSSR count). The van der Waals surface area contributed by atoms with Crippen LogP contribution in [0, 0.1) is 5.82 Å². The molecule has 1 aliphatic rings. The molecule has 1 fully saturated rings. The largest absolute Gasteiger partial charge is 0.494 e. The molecule has 0 unspecified atom stereocenters. The van der Waals surface area contributed by atoms with Crippen LogP contribution in [0.25, 0.3) is 28.3 Å². The second-order valence-corrected chi connectivity index (χ2v) is 8.62. The summed E-state index contributed by atoms with van der Waals surface area (Å²) in [5.74, 6) is 0.954. The lowest BCUT2D eigenvalue weighted by molar-refractivity contribution is 0.313. The Labute approximate surface area is 203 Å². The molecule has 0 amide bonds. The number of ether oxygens (including phenoxy) is 1. The van der Waals surface area contributed by atoms with E-state index < -0.39 is 0 Å². The molecule has 0 radical (unpaired) electrons. The lowest BCUT2D eigenvalue weighted by Gasteiger charge is -2.35. The van der Waals surface area contributed by atoms with E-state index in [1.165, 1.54) is 12.1 Å². The van der Waals surface area contributed by atoms with Gasteiger partial charge in [-0.15, -0.1) is 0 Å². The van der Waals surface area contributed by atoms with Crippen molar-refractivity contribution in [3.05, 3.63) is 66.9 Å². The van der Waals surface area contributed by atoms with Gasteiger partial charge in [-0.05, 0) is 43.4 Å². The Balaban J connectivity index is 1.59. The maximum atomic E-state index is 13.4. The Morgan fingerprint density at radius 3 is 2.37 bits per heavy atom. The summed E-state index contributed by atoms with van der Waals surface area (Å²) in [4.78, 5) is 13.6.